The van der Waals surface area contributed by atoms with Crippen LogP contribution >= 0.6 is 15.9 Å². The zero-order chi connectivity index (χ0) is 13.3. The fourth-order valence-corrected chi connectivity index (χ4v) is 2.09. The van der Waals surface area contributed by atoms with Crippen molar-refractivity contribution in [2.45, 2.75) is 0 Å². The number of carboxylic acid groups (broad SMARTS) is 1. The number of ether oxygens (including phenoxy) is 1. The molecule has 2 rings (SSSR count). The Morgan fingerprint density at radius 3 is 2.39 bits per heavy atom. The number of carboxylic acids is 1. The van der Waals surface area contributed by atoms with Gasteiger partial charge in [-0.05, 0) is 18.2 Å². The lowest BCUT2D eigenvalue weighted by atomic mass is 10.2. The molecule has 0 saturated carbocycles. The minimum absolute atomic E-state index is 0.00790. The van der Waals surface area contributed by atoms with Crippen LogP contribution in [-0.2, 0) is 14.3 Å². The SMILES string of the molecule is O=C(O)c1cc(Br)cc(N2C(=O)COCC2=O)c1. The Morgan fingerprint density at radius 1 is 1.22 bits per heavy atom. The highest BCUT2D eigenvalue weighted by Crippen LogP contribution is 2.24. The quantitative estimate of drug-likeness (QED) is 0.825. The lowest BCUT2D eigenvalue weighted by molar-refractivity contribution is -0.138. The van der Waals surface area contributed by atoms with Crippen LogP contribution in [0.25, 0.3) is 0 Å². The van der Waals surface area contributed by atoms with Crippen molar-refractivity contribution in [2.24, 2.45) is 0 Å². The highest BCUT2D eigenvalue weighted by molar-refractivity contribution is 9.10. The molecule has 1 aromatic carbocycles. The van der Waals surface area contributed by atoms with Gasteiger partial charge in [0.25, 0.3) is 11.8 Å². The average molecular weight is 314 g/mol. The summed E-state index contributed by atoms with van der Waals surface area (Å²) in [5.74, 6) is -2.16. The molecule has 0 radical (unpaired) electrons. The van der Waals surface area contributed by atoms with Gasteiger partial charge in [-0.2, -0.15) is 0 Å². The summed E-state index contributed by atoms with van der Waals surface area (Å²) in [5, 5.41) is 8.93. The number of carbonyl (C=O) groups is 3. The molecule has 1 saturated heterocycles. The summed E-state index contributed by atoms with van der Waals surface area (Å²) in [7, 11) is 0. The second kappa shape index (κ2) is 4.87. The molecule has 18 heavy (non-hydrogen) atoms. The first-order valence-corrected chi connectivity index (χ1v) is 5.76. The Morgan fingerprint density at radius 2 is 1.83 bits per heavy atom. The minimum Gasteiger partial charge on any atom is -0.478 e. The van der Waals surface area contributed by atoms with Crippen molar-refractivity contribution in [3.05, 3.63) is 28.2 Å². The summed E-state index contributed by atoms with van der Waals surface area (Å²) in [4.78, 5) is 35.1. The van der Waals surface area contributed by atoms with Gasteiger partial charge in [-0.15, -0.1) is 0 Å². The van der Waals surface area contributed by atoms with E-state index in [1.807, 2.05) is 0 Å². The van der Waals surface area contributed by atoms with Gasteiger partial charge in [-0.3, -0.25) is 9.59 Å². The fraction of sp³-hybridized carbons (Fsp3) is 0.182. The van der Waals surface area contributed by atoms with Gasteiger partial charge in [0, 0.05) is 4.47 Å². The van der Waals surface area contributed by atoms with E-state index in [0.717, 1.165) is 4.90 Å². The standard InChI is InChI=1S/C11H8BrNO5/c12-7-1-6(11(16)17)2-8(3-7)13-9(14)4-18-5-10(13)15/h1-3H,4-5H2,(H,16,17). The lowest BCUT2D eigenvalue weighted by Crippen LogP contribution is -2.46. The Labute approximate surface area is 110 Å². The number of carbonyl (C=O) groups excluding carboxylic acids is 2. The number of aromatic carboxylic acids is 1. The van der Waals surface area contributed by atoms with Crippen molar-refractivity contribution in [1.29, 1.82) is 0 Å². The molecule has 0 atom stereocenters. The summed E-state index contributed by atoms with van der Waals surface area (Å²) in [6, 6.07) is 4.17. The minimum atomic E-state index is -1.13. The van der Waals surface area contributed by atoms with E-state index in [1.54, 1.807) is 0 Å². The molecule has 1 N–H and O–H groups in total. The number of amides is 2. The van der Waals surface area contributed by atoms with Crippen LogP contribution in [0, 0.1) is 0 Å². The molecule has 2 amide bonds. The third-order valence-corrected chi connectivity index (χ3v) is 2.80. The van der Waals surface area contributed by atoms with E-state index >= 15 is 0 Å². The van der Waals surface area contributed by atoms with E-state index in [2.05, 4.69) is 15.9 Å². The van der Waals surface area contributed by atoms with Crippen LogP contribution in [0.2, 0.25) is 0 Å². The van der Waals surface area contributed by atoms with Gasteiger partial charge in [0.15, 0.2) is 0 Å². The molecule has 6 nitrogen and oxygen atoms in total. The number of morpholine rings is 1. The molecule has 0 bridgehead atoms. The summed E-state index contributed by atoms with van der Waals surface area (Å²) in [6.07, 6.45) is 0. The van der Waals surface area contributed by atoms with Gasteiger partial charge in [-0.25, -0.2) is 9.69 Å². The summed E-state index contributed by atoms with van der Waals surface area (Å²) >= 11 is 3.14. The Kier molecular flexibility index (Phi) is 3.44. The van der Waals surface area contributed by atoms with Gasteiger partial charge < -0.3 is 9.84 Å². The smallest absolute Gasteiger partial charge is 0.335 e. The molecule has 0 aliphatic carbocycles. The normalized spacial score (nSPS) is 15.9. The number of halogens is 1. The molecule has 1 aromatic rings. The molecule has 1 heterocycles. The van der Waals surface area contributed by atoms with Gasteiger partial charge in [0.05, 0.1) is 11.3 Å². The fourth-order valence-electron chi connectivity index (χ4n) is 1.61. The number of anilines is 1. The summed E-state index contributed by atoms with van der Waals surface area (Å²) < 4.78 is 5.26. The van der Waals surface area contributed by atoms with E-state index in [4.69, 9.17) is 9.84 Å². The molecular formula is C11H8BrNO5. The maximum Gasteiger partial charge on any atom is 0.335 e. The molecule has 0 unspecified atom stereocenters. The van der Waals surface area contributed by atoms with Crippen molar-refractivity contribution in [3.63, 3.8) is 0 Å². The van der Waals surface area contributed by atoms with Crippen molar-refractivity contribution < 1.29 is 24.2 Å². The van der Waals surface area contributed by atoms with Crippen LogP contribution in [0.4, 0.5) is 5.69 Å². The highest BCUT2D eigenvalue weighted by Gasteiger charge is 2.28. The summed E-state index contributed by atoms with van der Waals surface area (Å²) in [6.45, 7) is -0.388. The molecule has 1 aliphatic rings. The third kappa shape index (κ3) is 2.41. The Balaban J connectivity index is 2.46. The zero-order valence-corrected chi connectivity index (χ0v) is 10.6. The Bertz CT molecular complexity index is 526. The first-order valence-electron chi connectivity index (χ1n) is 4.96. The number of imide groups is 1. The number of hydrogen-bond acceptors (Lipinski definition) is 4. The van der Waals surface area contributed by atoms with E-state index in [1.165, 1.54) is 18.2 Å². The molecule has 1 aliphatic heterocycles. The maximum absolute atomic E-state index is 11.6. The number of hydrogen-bond donors (Lipinski definition) is 1. The van der Waals surface area contributed by atoms with E-state index in [0.29, 0.717) is 4.47 Å². The predicted octanol–water partition coefficient (Wildman–Crippen LogP) is 1.04. The molecular weight excluding hydrogens is 306 g/mol. The van der Waals surface area contributed by atoms with Gasteiger partial charge in [-0.1, -0.05) is 15.9 Å². The van der Waals surface area contributed by atoms with Crippen molar-refractivity contribution in [2.75, 3.05) is 18.1 Å². The maximum atomic E-state index is 11.6. The van der Waals surface area contributed by atoms with Gasteiger partial charge in [0.1, 0.15) is 13.2 Å². The molecule has 7 heteroatoms. The Hall–Kier alpha value is -1.73. The topological polar surface area (TPSA) is 83.9 Å². The van der Waals surface area contributed by atoms with Crippen LogP contribution in [-0.4, -0.2) is 36.1 Å². The largest absolute Gasteiger partial charge is 0.478 e. The number of nitrogens with zero attached hydrogens (tertiary/aromatic N) is 1. The lowest BCUT2D eigenvalue weighted by Gasteiger charge is -2.25. The van der Waals surface area contributed by atoms with E-state index in [-0.39, 0.29) is 24.5 Å². The first kappa shape index (κ1) is 12.7. The van der Waals surface area contributed by atoms with Crippen LogP contribution in [0.3, 0.4) is 0 Å². The van der Waals surface area contributed by atoms with Crippen molar-refractivity contribution in [3.8, 4) is 0 Å². The van der Waals surface area contributed by atoms with E-state index < -0.39 is 17.8 Å². The average Bonchev–Trinajstić information content (AvgIpc) is 2.28. The number of rotatable bonds is 2. The molecule has 0 spiro atoms. The van der Waals surface area contributed by atoms with Gasteiger partial charge >= 0.3 is 5.97 Å². The van der Waals surface area contributed by atoms with Crippen LogP contribution in [0.15, 0.2) is 22.7 Å². The third-order valence-electron chi connectivity index (χ3n) is 2.34. The molecule has 1 fully saturated rings. The van der Waals surface area contributed by atoms with Crippen molar-refractivity contribution in [1.82, 2.24) is 0 Å². The monoisotopic (exact) mass is 313 g/mol. The highest BCUT2D eigenvalue weighted by atomic mass is 79.9. The number of benzene rings is 1. The van der Waals surface area contributed by atoms with Crippen LogP contribution < -0.4 is 4.90 Å². The van der Waals surface area contributed by atoms with Crippen LogP contribution in [0.5, 0.6) is 0 Å². The second-order valence-corrected chi connectivity index (χ2v) is 4.53. The van der Waals surface area contributed by atoms with Crippen LogP contribution in [0.1, 0.15) is 10.4 Å². The van der Waals surface area contributed by atoms with Crippen molar-refractivity contribution >= 4 is 39.4 Å². The first-order chi connectivity index (χ1) is 8.49. The second-order valence-electron chi connectivity index (χ2n) is 3.62. The zero-order valence-electron chi connectivity index (χ0n) is 9.05. The molecule has 94 valence electrons. The predicted molar refractivity (Wildman–Crippen MR) is 64.4 cm³/mol. The summed E-state index contributed by atoms with van der Waals surface area (Å²) in [5.41, 5.74) is 0.214. The molecule has 0 aromatic heterocycles. The van der Waals surface area contributed by atoms with E-state index in [9.17, 15) is 14.4 Å². The van der Waals surface area contributed by atoms with Gasteiger partial charge in [0.2, 0.25) is 0 Å².